The van der Waals surface area contributed by atoms with E-state index in [0.717, 1.165) is 32.2 Å². The monoisotopic (exact) mass is 392 g/mol. The molecule has 0 bridgehead atoms. The summed E-state index contributed by atoms with van der Waals surface area (Å²) in [5, 5.41) is 0. The summed E-state index contributed by atoms with van der Waals surface area (Å²) in [6.45, 7) is 3.41. The fraction of sp³-hybridized carbons (Fsp3) is 0.263. The molecule has 3 rings (SSSR count). The van der Waals surface area contributed by atoms with Crippen molar-refractivity contribution in [3.05, 3.63) is 66.0 Å². The minimum atomic E-state index is -0.549. The first-order valence-electron chi connectivity index (χ1n) is 8.49. The van der Waals surface area contributed by atoms with E-state index < -0.39 is 11.7 Å². The van der Waals surface area contributed by atoms with Crippen LogP contribution >= 0.6 is 12.4 Å². The van der Waals surface area contributed by atoms with Gasteiger partial charge in [0.15, 0.2) is 0 Å². The molecule has 0 unspecified atom stereocenters. The van der Waals surface area contributed by atoms with Gasteiger partial charge >= 0.3 is 0 Å². The molecule has 0 aromatic heterocycles. The van der Waals surface area contributed by atoms with Crippen LogP contribution < -0.4 is 15.8 Å². The average molecular weight is 393 g/mol. The maximum absolute atomic E-state index is 13.1. The van der Waals surface area contributed by atoms with Crippen LogP contribution in [0.1, 0.15) is 10.4 Å². The molecule has 6 nitrogen and oxygen atoms in total. The van der Waals surface area contributed by atoms with Crippen molar-refractivity contribution >= 4 is 29.9 Å². The molecule has 1 fully saturated rings. The van der Waals surface area contributed by atoms with E-state index in [1.54, 1.807) is 0 Å². The molecule has 2 N–H and O–H groups in total. The topological polar surface area (TPSA) is 64.7 Å². The van der Waals surface area contributed by atoms with Crippen LogP contribution in [0.4, 0.5) is 10.1 Å². The molecule has 0 spiro atoms. The van der Waals surface area contributed by atoms with Gasteiger partial charge in [-0.1, -0.05) is 24.3 Å². The molecule has 1 aliphatic rings. The van der Waals surface area contributed by atoms with Gasteiger partial charge < -0.3 is 4.90 Å². The maximum atomic E-state index is 13.1. The van der Waals surface area contributed by atoms with Crippen LogP contribution in [-0.4, -0.2) is 49.4 Å². The molecule has 0 atom stereocenters. The zero-order valence-corrected chi connectivity index (χ0v) is 15.5. The minimum absolute atomic E-state index is 0. The van der Waals surface area contributed by atoms with Crippen LogP contribution in [0.5, 0.6) is 0 Å². The van der Waals surface area contributed by atoms with Gasteiger partial charge in [0.25, 0.3) is 11.8 Å². The average Bonchev–Trinajstić information content (AvgIpc) is 2.67. The molecule has 2 amide bonds. The fourth-order valence-corrected chi connectivity index (χ4v) is 2.87. The molecule has 0 radical (unpaired) electrons. The SMILES string of the molecule is Cl.O=C(CN1CCN(c2ccccc2)CC1)NNC(=O)c1cccc(F)c1. The molecule has 1 aliphatic heterocycles. The lowest BCUT2D eigenvalue weighted by molar-refractivity contribution is -0.123. The van der Waals surface area contributed by atoms with E-state index in [4.69, 9.17) is 0 Å². The zero-order valence-electron chi connectivity index (χ0n) is 14.7. The standard InChI is InChI=1S/C19H21FN4O2.ClH/c20-16-6-4-5-15(13-16)19(26)22-21-18(25)14-23-9-11-24(12-10-23)17-7-2-1-3-8-17;/h1-8,13H,9-12,14H2,(H,21,25)(H,22,26);1H. The number of hydrazine groups is 1. The van der Waals surface area contributed by atoms with Crippen molar-refractivity contribution in [2.75, 3.05) is 37.6 Å². The van der Waals surface area contributed by atoms with Crippen LogP contribution in [0, 0.1) is 5.82 Å². The van der Waals surface area contributed by atoms with Gasteiger partial charge in [-0.25, -0.2) is 4.39 Å². The Balaban J connectivity index is 0.00000261. The fourth-order valence-electron chi connectivity index (χ4n) is 2.87. The quantitative estimate of drug-likeness (QED) is 0.779. The summed E-state index contributed by atoms with van der Waals surface area (Å²) in [5.41, 5.74) is 6.02. The summed E-state index contributed by atoms with van der Waals surface area (Å²) in [4.78, 5) is 28.2. The first-order valence-corrected chi connectivity index (χ1v) is 8.49. The molecule has 1 saturated heterocycles. The van der Waals surface area contributed by atoms with Crippen molar-refractivity contribution in [2.45, 2.75) is 0 Å². The Hall–Kier alpha value is -2.64. The second-order valence-electron chi connectivity index (χ2n) is 6.11. The highest BCUT2D eigenvalue weighted by atomic mass is 35.5. The van der Waals surface area contributed by atoms with Crippen molar-refractivity contribution < 1.29 is 14.0 Å². The molecular formula is C19H22ClFN4O2. The minimum Gasteiger partial charge on any atom is -0.369 e. The van der Waals surface area contributed by atoms with Gasteiger partial charge in [0.1, 0.15) is 5.82 Å². The number of hydrogen-bond acceptors (Lipinski definition) is 4. The smallest absolute Gasteiger partial charge is 0.269 e. The molecule has 0 saturated carbocycles. The number of nitrogens with one attached hydrogen (secondary N) is 2. The largest absolute Gasteiger partial charge is 0.369 e. The Labute approximate surface area is 163 Å². The number of hydrogen-bond donors (Lipinski definition) is 2. The van der Waals surface area contributed by atoms with Crippen LogP contribution in [0.3, 0.4) is 0 Å². The predicted octanol–water partition coefficient (Wildman–Crippen LogP) is 1.83. The van der Waals surface area contributed by atoms with Crippen molar-refractivity contribution in [2.24, 2.45) is 0 Å². The number of rotatable bonds is 4. The van der Waals surface area contributed by atoms with Gasteiger partial charge in [-0.2, -0.15) is 0 Å². The van der Waals surface area contributed by atoms with E-state index in [0.29, 0.717) is 0 Å². The summed E-state index contributed by atoms with van der Waals surface area (Å²) in [6, 6.07) is 15.4. The Kier molecular flexibility index (Phi) is 7.57. The summed E-state index contributed by atoms with van der Waals surface area (Å²) in [6.07, 6.45) is 0. The third-order valence-corrected chi connectivity index (χ3v) is 4.26. The summed E-state index contributed by atoms with van der Waals surface area (Å²) >= 11 is 0. The van der Waals surface area contributed by atoms with E-state index in [2.05, 4.69) is 27.9 Å². The van der Waals surface area contributed by atoms with E-state index in [1.165, 1.54) is 23.9 Å². The number of piperazine rings is 1. The van der Waals surface area contributed by atoms with Crippen molar-refractivity contribution in [1.82, 2.24) is 15.8 Å². The highest BCUT2D eigenvalue weighted by Crippen LogP contribution is 2.15. The first-order chi connectivity index (χ1) is 12.6. The van der Waals surface area contributed by atoms with E-state index in [1.807, 2.05) is 23.1 Å². The molecule has 2 aromatic rings. The molecule has 1 heterocycles. The number of amides is 2. The summed E-state index contributed by atoms with van der Waals surface area (Å²) in [7, 11) is 0. The van der Waals surface area contributed by atoms with Gasteiger partial charge in [0, 0.05) is 37.4 Å². The van der Waals surface area contributed by atoms with E-state index in [9.17, 15) is 14.0 Å². The number of anilines is 1. The number of nitrogens with zero attached hydrogens (tertiary/aromatic N) is 2. The van der Waals surface area contributed by atoms with Crippen LogP contribution in [-0.2, 0) is 4.79 Å². The molecule has 8 heteroatoms. The second-order valence-corrected chi connectivity index (χ2v) is 6.11. The number of halogens is 2. The lowest BCUT2D eigenvalue weighted by Gasteiger charge is -2.35. The van der Waals surface area contributed by atoms with Gasteiger partial charge in [0.05, 0.1) is 6.54 Å². The second kappa shape index (κ2) is 9.89. The molecule has 27 heavy (non-hydrogen) atoms. The van der Waals surface area contributed by atoms with Crippen LogP contribution in [0.25, 0.3) is 0 Å². The molecule has 2 aromatic carbocycles. The third kappa shape index (κ3) is 5.94. The molecule has 0 aliphatic carbocycles. The van der Waals surface area contributed by atoms with E-state index >= 15 is 0 Å². The first kappa shape index (κ1) is 20.7. The van der Waals surface area contributed by atoms with E-state index in [-0.39, 0.29) is 30.4 Å². The lowest BCUT2D eigenvalue weighted by Crippen LogP contribution is -2.52. The Morgan fingerprint density at radius 3 is 2.30 bits per heavy atom. The highest BCUT2D eigenvalue weighted by Gasteiger charge is 2.19. The van der Waals surface area contributed by atoms with Crippen molar-refractivity contribution in [3.63, 3.8) is 0 Å². The van der Waals surface area contributed by atoms with Gasteiger partial charge in [0.2, 0.25) is 0 Å². The summed E-state index contributed by atoms with van der Waals surface area (Å²) < 4.78 is 13.1. The lowest BCUT2D eigenvalue weighted by atomic mass is 10.2. The van der Waals surface area contributed by atoms with Crippen LogP contribution in [0.15, 0.2) is 54.6 Å². The van der Waals surface area contributed by atoms with Crippen molar-refractivity contribution in [3.8, 4) is 0 Å². The zero-order chi connectivity index (χ0) is 18.4. The van der Waals surface area contributed by atoms with Gasteiger partial charge in [-0.05, 0) is 30.3 Å². The number of benzene rings is 2. The van der Waals surface area contributed by atoms with Crippen LogP contribution in [0.2, 0.25) is 0 Å². The highest BCUT2D eigenvalue weighted by molar-refractivity contribution is 5.95. The van der Waals surface area contributed by atoms with Crippen molar-refractivity contribution in [1.29, 1.82) is 0 Å². The third-order valence-electron chi connectivity index (χ3n) is 4.26. The Morgan fingerprint density at radius 1 is 0.926 bits per heavy atom. The maximum Gasteiger partial charge on any atom is 0.269 e. The summed E-state index contributed by atoms with van der Waals surface area (Å²) in [5.74, 6) is -1.35. The Bertz CT molecular complexity index is 767. The normalized spacial score (nSPS) is 14.2. The Morgan fingerprint density at radius 2 is 1.63 bits per heavy atom. The number of para-hydroxylation sites is 1. The number of carbonyl (C=O) groups is 2. The molecular weight excluding hydrogens is 371 g/mol. The molecule has 144 valence electrons. The van der Waals surface area contributed by atoms with Gasteiger partial charge in [-0.3, -0.25) is 25.3 Å². The van der Waals surface area contributed by atoms with Gasteiger partial charge in [-0.15, -0.1) is 12.4 Å². The number of carbonyl (C=O) groups excluding carboxylic acids is 2. The predicted molar refractivity (Wildman–Crippen MR) is 104 cm³/mol.